The number of amides is 1. The SMILES string of the molecule is Cc1ccc(C(=O)Nc2ccc(F)c(F)c2)cc1S(=O)(=O)C1CC2CC[C@H](C1)C2(C)O. The Bertz CT molecular complexity index is 1130. The number of rotatable bonds is 4. The lowest BCUT2D eigenvalue weighted by Gasteiger charge is -2.40. The van der Waals surface area contributed by atoms with Crippen molar-refractivity contribution in [2.75, 3.05) is 5.32 Å². The quantitative estimate of drug-likeness (QED) is 0.732. The van der Waals surface area contributed by atoms with Gasteiger partial charge in [0.1, 0.15) is 0 Å². The Morgan fingerprint density at radius 2 is 1.71 bits per heavy atom. The van der Waals surface area contributed by atoms with Crippen LogP contribution in [0.2, 0.25) is 0 Å². The molecule has 31 heavy (non-hydrogen) atoms. The average Bonchev–Trinajstić information content (AvgIpc) is 2.87. The molecule has 166 valence electrons. The van der Waals surface area contributed by atoms with Gasteiger partial charge in [-0.05, 0) is 81.2 Å². The van der Waals surface area contributed by atoms with E-state index in [2.05, 4.69) is 5.32 Å². The highest BCUT2D eigenvalue weighted by Crippen LogP contribution is 2.51. The normalized spacial score (nSPS) is 27.8. The number of fused-ring (bicyclic) bond motifs is 2. The minimum absolute atomic E-state index is 0.0498. The van der Waals surface area contributed by atoms with Crippen molar-refractivity contribution in [2.45, 2.75) is 55.3 Å². The van der Waals surface area contributed by atoms with E-state index in [1.165, 1.54) is 18.2 Å². The van der Waals surface area contributed by atoms with Gasteiger partial charge < -0.3 is 10.4 Å². The number of anilines is 1. The number of aliphatic hydroxyl groups is 1. The Kier molecular flexibility index (Phi) is 5.42. The Morgan fingerprint density at radius 3 is 2.32 bits per heavy atom. The van der Waals surface area contributed by atoms with Crippen molar-refractivity contribution >= 4 is 21.4 Å². The van der Waals surface area contributed by atoms with Crippen molar-refractivity contribution in [3.05, 3.63) is 59.2 Å². The van der Waals surface area contributed by atoms with Crippen LogP contribution in [-0.2, 0) is 9.84 Å². The molecule has 0 heterocycles. The van der Waals surface area contributed by atoms with Crippen LogP contribution in [0.15, 0.2) is 41.3 Å². The van der Waals surface area contributed by atoms with Crippen molar-refractivity contribution in [3.8, 4) is 0 Å². The fourth-order valence-electron chi connectivity index (χ4n) is 5.02. The maximum atomic E-state index is 13.4. The van der Waals surface area contributed by atoms with Gasteiger partial charge in [0.25, 0.3) is 5.91 Å². The highest BCUT2D eigenvalue weighted by atomic mass is 32.2. The van der Waals surface area contributed by atoms with Gasteiger partial charge in [-0.25, -0.2) is 17.2 Å². The van der Waals surface area contributed by atoms with E-state index in [1.807, 2.05) is 0 Å². The summed E-state index contributed by atoms with van der Waals surface area (Å²) in [6, 6.07) is 7.41. The van der Waals surface area contributed by atoms with Gasteiger partial charge in [-0.3, -0.25) is 4.79 Å². The molecule has 2 aromatic carbocycles. The number of carbonyl (C=O) groups is 1. The summed E-state index contributed by atoms with van der Waals surface area (Å²) in [7, 11) is -3.71. The first kappa shape index (κ1) is 21.9. The van der Waals surface area contributed by atoms with Gasteiger partial charge in [0.05, 0.1) is 15.7 Å². The van der Waals surface area contributed by atoms with Crippen molar-refractivity contribution in [2.24, 2.45) is 11.8 Å². The van der Waals surface area contributed by atoms with Gasteiger partial charge in [-0.2, -0.15) is 0 Å². The van der Waals surface area contributed by atoms with Gasteiger partial charge in [0.15, 0.2) is 21.5 Å². The lowest BCUT2D eigenvalue weighted by molar-refractivity contribution is -0.0413. The van der Waals surface area contributed by atoms with E-state index in [1.54, 1.807) is 19.9 Å². The summed E-state index contributed by atoms with van der Waals surface area (Å²) in [6.07, 6.45) is 2.44. The Balaban J connectivity index is 1.60. The summed E-state index contributed by atoms with van der Waals surface area (Å²) in [6.45, 7) is 3.48. The number of aryl methyl sites for hydroxylation is 1. The maximum Gasteiger partial charge on any atom is 0.255 e. The van der Waals surface area contributed by atoms with Crippen LogP contribution >= 0.6 is 0 Å². The zero-order valence-electron chi connectivity index (χ0n) is 17.4. The smallest absolute Gasteiger partial charge is 0.255 e. The summed E-state index contributed by atoms with van der Waals surface area (Å²) in [5.74, 6) is -2.83. The predicted molar refractivity (Wildman–Crippen MR) is 113 cm³/mol. The maximum absolute atomic E-state index is 13.4. The van der Waals surface area contributed by atoms with Crippen LogP contribution in [0.25, 0.3) is 0 Å². The minimum atomic E-state index is -3.71. The third-order valence-corrected chi connectivity index (χ3v) is 9.30. The summed E-state index contributed by atoms with van der Waals surface area (Å²) < 4.78 is 53.4. The van der Waals surface area contributed by atoms with E-state index in [0.717, 1.165) is 25.0 Å². The largest absolute Gasteiger partial charge is 0.390 e. The molecule has 2 N–H and O–H groups in total. The van der Waals surface area contributed by atoms with Crippen LogP contribution in [0.5, 0.6) is 0 Å². The molecule has 4 rings (SSSR count). The lowest BCUT2D eigenvalue weighted by Crippen LogP contribution is -2.45. The molecule has 2 aromatic rings. The van der Waals surface area contributed by atoms with Crippen LogP contribution in [0, 0.1) is 30.4 Å². The molecule has 5 nitrogen and oxygen atoms in total. The molecular weight excluding hydrogens is 424 g/mol. The van der Waals surface area contributed by atoms with Crippen molar-refractivity contribution in [3.63, 3.8) is 0 Å². The molecule has 4 atom stereocenters. The van der Waals surface area contributed by atoms with Crippen molar-refractivity contribution < 1.29 is 27.1 Å². The van der Waals surface area contributed by atoms with Crippen molar-refractivity contribution in [1.29, 1.82) is 0 Å². The first-order chi connectivity index (χ1) is 14.5. The number of sulfone groups is 1. The average molecular weight is 450 g/mol. The van der Waals surface area contributed by atoms with Gasteiger partial charge in [-0.1, -0.05) is 6.07 Å². The summed E-state index contributed by atoms with van der Waals surface area (Å²) in [4.78, 5) is 12.7. The summed E-state index contributed by atoms with van der Waals surface area (Å²) in [5, 5.41) is 12.5. The van der Waals surface area contributed by atoms with Gasteiger partial charge in [-0.15, -0.1) is 0 Å². The van der Waals surface area contributed by atoms with Crippen LogP contribution in [-0.4, -0.2) is 30.3 Å². The second kappa shape index (κ2) is 7.67. The van der Waals surface area contributed by atoms with E-state index in [4.69, 9.17) is 0 Å². The van der Waals surface area contributed by atoms with Crippen molar-refractivity contribution in [1.82, 2.24) is 0 Å². The lowest BCUT2D eigenvalue weighted by atomic mass is 9.76. The van der Waals surface area contributed by atoms with E-state index in [0.29, 0.717) is 18.4 Å². The molecule has 0 aliphatic heterocycles. The Morgan fingerprint density at radius 1 is 1.06 bits per heavy atom. The molecule has 0 radical (unpaired) electrons. The van der Waals surface area contributed by atoms with Crippen LogP contribution < -0.4 is 5.32 Å². The predicted octanol–water partition coefficient (Wildman–Crippen LogP) is 4.24. The first-order valence-corrected chi connectivity index (χ1v) is 11.9. The highest BCUT2D eigenvalue weighted by molar-refractivity contribution is 7.92. The van der Waals surface area contributed by atoms with E-state index in [-0.39, 0.29) is 28.0 Å². The van der Waals surface area contributed by atoms with Crippen LogP contribution in [0.1, 0.15) is 48.5 Å². The molecule has 2 bridgehead atoms. The summed E-state index contributed by atoms with van der Waals surface area (Å²) >= 11 is 0. The number of halogens is 2. The molecule has 0 aromatic heterocycles. The van der Waals surface area contributed by atoms with E-state index < -0.39 is 38.2 Å². The second-order valence-corrected chi connectivity index (χ2v) is 11.1. The molecule has 8 heteroatoms. The molecule has 2 aliphatic carbocycles. The van der Waals surface area contributed by atoms with E-state index >= 15 is 0 Å². The third-order valence-electron chi connectivity index (χ3n) is 6.98. The fourth-order valence-corrected chi connectivity index (χ4v) is 7.16. The number of nitrogens with one attached hydrogen (secondary N) is 1. The highest BCUT2D eigenvalue weighted by Gasteiger charge is 2.53. The topological polar surface area (TPSA) is 83.5 Å². The monoisotopic (exact) mass is 449 g/mol. The molecule has 0 saturated heterocycles. The number of hydrogen-bond acceptors (Lipinski definition) is 4. The Hall–Kier alpha value is -2.32. The van der Waals surface area contributed by atoms with Gasteiger partial charge in [0, 0.05) is 17.3 Å². The van der Waals surface area contributed by atoms with Gasteiger partial charge in [0.2, 0.25) is 0 Å². The molecular formula is C23H25F2NO4S. The molecule has 1 amide bonds. The fraction of sp³-hybridized carbons (Fsp3) is 0.435. The number of carbonyl (C=O) groups excluding carboxylic acids is 1. The van der Waals surface area contributed by atoms with Crippen LogP contribution in [0.4, 0.5) is 14.5 Å². The molecule has 2 saturated carbocycles. The number of hydrogen-bond donors (Lipinski definition) is 2. The zero-order valence-corrected chi connectivity index (χ0v) is 18.2. The molecule has 2 fully saturated rings. The first-order valence-electron chi connectivity index (χ1n) is 10.3. The standard InChI is InChI=1S/C23H25F2NO4S/c1-13-3-4-14(22(27)26-17-7-8-19(24)20(25)12-17)9-21(13)31(29,30)18-10-15-5-6-16(11-18)23(15,2)28/h3-4,7-9,12,15-16,18,28H,5-6,10-11H2,1-2H3,(H,26,27)/t15-,16?,18?,23?/m1/s1. The number of benzene rings is 2. The Labute approximate surface area is 180 Å². The van der Waals surface area contributed by atoms with Gasteiger partial charge >= 0.3 is 0 Å². The minimum Gasteiger partial charge on any atom is -0.390 e. The molecule has 0 spiro atoms. The van der Waals surface area contributed by atoms with E-state index in [9.17, 15) is 27.1 Å². The third kappa shape index (κ3) is 3.87. The summed E-state index contributed by atoms with van der Waals surface area (Å²) in [5.41, 5.74) is -0.110. The molecule has 3 unspecified atom stereocenters. The second-order valence-electron chi connectivity index (χ2n) is 8.90. The zero-order chi connectivity index (χ0) is 22.6. The van der Waals surface area contributed by atoms with Crippen LogP contribution in [0.3, 0.4) is 0 Å². The molecule has 2 aliphatic rings.